The Bertz CT molecular complexity index is 3030. The molecule has 376 valence electrons. The van der Waals surface area contributed by atoms with E-state index in [1.807, 2.05) is 124 Å². The zero-order chi connectivity index (χ0) is 51.2. The van der Waals surface area contributed by atoms with Gasteiger partial charge in [0.05, 0.1) is 46.8 Å². The number of hydrogen-bond acceptors (Lipinski definition) is 12. The van der Waals surface area contributed by atoms with Gasteiger partial charge < -0.3 is 30.7 Å². The van der Waals surface area contributed by atoms with E-state index in [0.717, 1.165) is 60.5 Å². The van der Waals surface area contributed by atoms with Crippen LogP contribution in [0, 0.1) is 33.1 Å². The number of carbonyl (C=O) groups is 4. The van der Waals surface area contributed by atoms with Gasteiger partial charge in [0.15, 0.2) is 5.82 Å². The number of thiazole rings is 1. The fraction of sp³-hybridized carbons (Fsp3) is 0.407. The molecule has 0 spiro atoms. The molecular weight excluding hydrogens is 970 g/mol. The molecule has 2 aliphatic heterocycles. The number of fused-ring (bicyclic) bond motifs is 3. The summed E-state index contributed by atoms with van der Waals surface area (Å²) >= 11 is 9.51. The number of carbonyl (C=O) groups excluding carboxylic acids is 4. The first-order chi connectivity index (χ1) is 34.3. The van der Waals surface area contributed by atoms with Crippen LogP contribution in [0.5, 0.6) is 5.75 Å². The Hall–Kier alpha value is -6.27. The first kappa shape index (κ1) is 50.7. The Labute approximate surface area is 432 Å². The molecule has 2 fully saturated rings. The molecule has 1 saturated carbocycles. The molecule has 15 nitrogen and oxygen atoms in total. The number of rotatable bonds is 14. The van der Waals surface area contributed by atoms with Crippen molar-refractivity contribution in [2.75, 3.05) is 6.54 Å². The zero-order valence-electron chi connectivity index (χ0n) is 41.7. The number of hydrogen-bond donors (Lipinski definition) is 4. The van der Waals surface area contributed by atoms with E-state index in [9.17, 15) is 24.3 Å². The number of likely N-dealkylation sites (tertiary alicyclic amines) is 1. The van der Waals surface area contributed by atoms with Crippen LogP contribution in [0.3, 0.4) is 0 Å². The number of aliphatic hydroxyl groups excluding tert-OH is 1. The molecule has 4 N–H and O–H groups in total. The van der Waals surface area contributed by atoms with Crippen LogP contribution in [0.25, 0.3) is 15.4 Å². The molecule has 3 aromatic carbocycles. The average Bonchev–Trinajstić information content (AvgIpc) is 4.10. The lowest BCUT2D eigenvalue weighted by molar-refractivity contribution is -0.144. The van der Waals surface area contributed by atoms with Crippen molar-refractivity contribution < 1.29 is 29.0 Å². The Morgan fingerprint density at radius 3 is 2.25 bits per heavy atom. The van der Waals surface area contributed by atoms with Crippen molar-refractivity contribution in [3.05, 3.63) is 133 Å². The summed E-state index contributed by atoms with van der Waals surface area (Å²) in [7, 11) is 0. The molecule has 72 heavy (non-hydrogen) atoms. The maximum atomic E-state index is 14.3. The Balaban J connectivity index is 0.768. The van der Waals surface area contributed by atoms with E-state index in [-0.39, 0.29) is 61.7 Å². The minimum Gasteiger partial charge on any atom is -0.490 e. The number of nitrogens with one attached hydrogen (secondary N) is 3. The number of nitrogens with zero attached hydrogens (tertiary/aromatic N) is 6. The second-order valence-electron chi connectivity index (χ2n) is 20.3. The first-order valence-electron chi connectivity index (χ1n) is 24.3. The average molecular weight is 1030 g/mol. The molecule has 5 atom stereocenters. The van der Waals surface area contributed by atoms with Crippen LogP contribution >= 0.6 is 34.3 Å². The Kier molecular flexibility index (Phi) is 14.6. The van der Waals surface area contributed by atoms with E-state index in [0.29, 0.717) is 29.4 Å². The van der Waals surface area contributed by atoms with E-state index >= 15 is 0 Å². The summed E-state index contributed by atoms with van der Waals surface area (Å²) in [6.07, 6.45) is 0.466. The number of ether oxygens (including phenoxy) is 1. The van der Waals surface area contributed by atoms with Crippen molar-refractivity contribution in [3.63, 3.8) is 0 Å². The predicted octanol–water partition coefficient (Wildman–Crippen LogP) is 8.26. The van der Waals surface area contributed by atoms with Gasteiger partial charge in [0, 0.05) is 52.9 Å². The number of aliphatic hydroxyl groups is 1. The van der Waals surface area contributed by atoms with Gasteiger partial charge in [-0.2, -0.15) is 0 Å². The van der Waals surface area contributed by atoms with Crippen molar-refractivity contribution in [3.8, 4) is 21.2 Å². The largest absolute Gasteiger partial charge is 0.490 e. The molecule has 5 heterocycles. The molecule has 18 heteroatoms. The number of benzene rings is 3. The predicted molar refractivity (Wildman–Crippen MR) is 280 cm³/mol. The summed E-state index contributed by atoms with van der Waals surface area (Å²) < 4.78 is 8.29. The van der Waals surface area contributed by atoms with Gasteiger partial charge in [-0.3, -0.25) is 28.7 Å². The highest BCUT2D eigenvalue weighted by Crippen LogP contribution is 2.40. The molecule has 1 saturated heterocycles. The number of thiophene rings is 1. The lowest BCUT2D eigenvalue weighted by atomic mass is 9.85. The monoisotopic (exact) mass is 1030 g/mol. The molecule has 0 unspecified atom stereocenters. The maximum absolute atomic E-state index is 14.3. The van der Waals surface area contributed by atoms with Crippen LogP contribution in [0.2, 0.25) is 5.02 Å². The van der Waals surface area contributed by atoms with Crippen molar-refractivity contribution in [2.24, 2.45) is 10.4 Å². The number of aryl methyl sites for hydroxylation is 3. The minimum absolute atomic E-state index is 0.0126. The van der Waals surface area contributed by atoms with Crippen LogP contribution in [-0.4, -0.2) is 96.0 Å². The number of aliphatic imine (C=N–C) groups is 1. The van der Waals surface area contributed by atoms with Crippen molar-refractivity contribution in [1.82, 2.24) is 40.6 Å². The maximum Gasteiger partial charge on any atom is 0.246 e. The van der Waals surface area contributed by atoms with Crippen molar-refractivity contribution in [1.29, 1.82) is 0 Å². The lowest BCUT2D eigenvalue weighted by Crippen LogP contribution is -2.58. The van der Waals surface area contributed by atoms with Gasteiger partial charge in [0.2, 0.25) is 23.6 Å². The molecule has 0 bridgehead atoms. The molecular formula is C54H60ClN9O6S2. The van der Waals surface area contributed by atoms with Gasteiger partial charge in [0.25, 0.3) is 0 Å². The van der Waals surface area contributed by atoms with Crippen LogP contribution in [0.1, 0.15) is 115 Å². The van der Waals surface area contributed by atoms with Gasteiger partial charge in [-0.1, -0.05) is 80.9 Å². The number of aromatic nitrogens is 4. The summed E-state index contributed by atoms with van der Waals surface area (Å²) in [5.41, 5.74) is 8.58. The highest BCUT2D eigenvalue weighted by atomic mass is 35.5. The fourth-order valence-electron chi connectivity index (χ4n) is 9.67. The van der Waals surface area contributed by atoms with E-state index in [1.165, 1.54) is 9.78 Å². The fourth-order valence-corrected chi connectivity index (χ4v) is 11.8. The van der Waals surface area contributed by atoms with Crippen LogP contribution < -0.4 is 20.7 Å². The Morgan fingerprint density at radius 1 is 0.889 bits per heavy atom. The van der Waals surface area contributed by atoms with Gasteiger partial charge in [-0.25, -0.2) is 4.98 Å². The zero-order valence-corrected chi connectivity index (χ0v) is 44.0. The first-order valence-corrected chi connectivity index (χ1v) is 26.4. The standard InChI is InChI=1S/C54H60ClN9O6S2/c1-28-31(4)72-53-46(28)47(35-15-17-37(55)18-16-35)59-42(50-62-61-32(5)64(50)53)25-45(67)58-38-22-41(23-38)70-40-19-9-33(10-20-40)21-44(66)60-49(54(6,7)8)52(69)63-26-39(65)24-43(63)51(68)57-29(2)34-11-13-36(14-12-34)48-30(3)56-27-71-48/h9-20,27,29,38-39,41-43,49,65H,21-26H2,1-8H3,(H,57,68)(H,58,67)(H,60,66)/t29-,38?,39+,41?,42-,43-,49+/m0/s1. The molecule has 0 radical (unpaired) electrons. The molecule has 4 amide bonds. The molecule has 6 aromatic rings. The van der Waals surface area contributed by atoms with E-state index in [1.54, 1.807) is 22.7 Å². The van der Waals surface area contributed by atoms with E-state index in [2.05, 4.69) is 45.0 Å². The molecule has 3 aliphatic rings. The number of amides is 4. The minimum atomic E-state index is -0.959. The molecule has 9 rings (SSSR count). The van der Waals surface area contributed by atoms with Gasteiger partial charge >= 0.3 is 0 Å². The van der Waals surface area contributed by atoms with Crippen molar-refractivity contribution in [2.45, 2.75) is 130 Å². The summed E-state index contributed by atoms with van der Waals surface area (Å²) in [5, 5.41) is 30.5. The summed E-state index contributed by atoms with van der Waals surface area (Å²) in [6.45, 7) is 15.5. The number of β-amino-alcohol motifs (C(OH)–C–C–N with tert-alkyl or cyclic N) is 1. The van der Waals surface area contributed by atoms with E-state index in [4.69, 9.17) is 21.3 Å². The SMILES string of the molecule is Cc1ncsc1-c1ccc([C@H](C)NC(=O)[C@@H]2C[C@@H](O)CN2C(=O)[C@@H](NC(=O)Cc2ccc(OC3CC(NC(=O)C[C@@H]4N=C(c5ccc(Cl)cc5)c5c(sc(C)c5C)-n5c(C)nnc54)C3)cc2)C(C)(C)C)cc1. The topological polar surface area (TPSA) is 193 Å². The van der Waals surface area contributed by atoms with Gasteiger partial charge in [-0.15, -0.1) is 32.9 Å². The van der Waals surface area contributed by atoms with Crippen molar-refractivity contribution >= 4 is 63.6 Å². The second kappa shape index (κ2) is 20.7. The van der Waals surface area contributed by atoms with E-state index < -0.39 is 35.6 Å². The summed E-state index contributed by atoms with van der Waals surface area (Å²) in [5.74, 6) is 0.706. The van der Waals surface area contributed by atoms with Crippen LogP contribution in [0.15, 0.2) is 83.3 Å². The quantitative estimate of drug-likeness (QED) is 0.0832. The second-order valence-corrected chi connectivity index (χ2v) is 22.8. The molecule has 3 aromatic heterocycles. The third-order valence-corrected chi connectivity index (χ3v) is 16.3. The third kappa shape index (κ3) is 10.8. The Morgan fingerprint density at radius 2 is 1.58 bits per heavy atom. The van der Waals surface area contributed by atoms with Gasteiger partial charge in [-0.05, 0) is 86.6 Å². The van der Waals surface area contributed by atoms with Crippen LogP contribution in [0.4, 0.5) is 0 Å². The normalized spacial score (nSPS) is 20.3. The molecule has 1 aliphatic carbocycles. The van der Waals surface area contributed by atoms with Gasteiger partial charge in [0.1, 0.15) is 40.8 Å². The third-order valence-electron chi connectivity index (χ3n) is 13.8. The number of halogens is 1. The smallest absolute Gasteiger partial charge is 0.246 e. The highest BCUT2D eigenvalue weighted by Gasteiger charge is 2.45. The summed E-state index contributed by atoms with van der Waals surface area (Å²) in [4.78, 5) is 68.5. The lowest BCUT2D eigenvalue weighted by Gasteiger charge is -2.36. The highest BCUT2D eigenvalue weighted by molar-refractivity contribution is 7.15. The summed E-state index contributed by atoms with van der Waals surface area (Å²) in [6, 6.07) is 20.0. The van der Waals surface area contributed by atoms with Crippen LogP contribution in [-0.2, 0) is 25.6 Å².